The van der Waals surface area contributed by atoms with Gasteiger partial charge in [-0.2, -0.15) is 5.10 Å². The highest BCUT2D eigenvalue weighted by Crippen LogP contribution is 2.36. The number of hydrogen-bond acceptors (Lipinski definition) is 3. The summed E-state index contributed by atoms with van der Waals surface area (Å²) in [5.41, 5.74) is -0.839. The van der Waals surface area contributed by atoms with Gasteiger partial charge in [-0.25, -0.2) is 9.67 Å². The standard InChI is InChI=1S/C14H13Cl2N3O/c1-3-10(2)14(20,7-19-9-17-8-18-19)12-5-4-11(15)6-13(12)16/h1,4-6,8-10,20H,7H2,2H3/t10-,14+/m0/s1. The van der Waals surface area contributed by atoms with E-state index in [2.05, 4.69) is 16.0 Å². The Balaban J connectivity index is 2.49. The Morgan fingerprint density at radius 2 is 2.25 bits per heavy atom. The molecule has 4 nitrogen and oxygen atoms in total. The van der Waals surface area contributed by atoms with Crippen LogP contribution in [-0.2, 0) is 12.1 Å². The van der Waals surface area contributed by atoms with E-state index in [0.717, 1.165) is 0 Å². The Kier molecular flexibility index (Phi) is 4.34. The lowest BCUT2D eigenvalue weighted by Gasteiger charge is -2.32. The molecule has 20 heavy (non-hydrogen) atoms. The van der Waals surface area contributed by atoms with Crippen LogP contribution in [0, 0.1) is 18.3 Å². The molecule has 1 aromatic heterocycles. The number of aromatic nitrogens is 3. The Morgan fingerprint density at radius 1 is 1.50 bits per heavy atom. The van der Waals surface area contributed by atoms with E-state index in [9.17, 15) is 5.11 Å². The average molecular weight is 310 g/mol. The van der Waals surface area contributed by atoms with Crippen LogP contribution in [0.5, 0.6) is 0 Å². The van der Waals surface area contributed by atoms with Crippen molar-refractivity contribution in [2.24, 2.45) is 5.92 Å². The molecule has 0 aliphatic carbocycles. The summed E-state index contributed by atoms with van der Waals surface area (Å²) in [4.78, 5) is 3.86. The van der Waals surface area contributed by atoms with Gasteiger partial charge in [0.05, 0.1) is 12.5 Å². The second kappa shape index (κ2) is 5.84. The molecule has 0 saturated carbocycles. The van der Waals surface area contributed by atoms with E-state index in [-0.39, 0.29) is 6.54 Å². The van der Waals surface area contributed by atoms with Gasteiger partial charge in [-0.1, -0.05) is 29.3 Å². The molecule has 2 rings (SSSR count). The molecule has 0 spiro atoms. The van der Waals surface area contributed by atoms with Crippen LogP contribution in [0.3, 0.4) is 0 Å². The highest BCUT2D eigenvalue weighted by Gasteiger charge is 2.37. The lowest BCUT2D eigenvalue weighted by atomic mass is 9.82. The van der Waals surface area contributed by atoms with Crippen molar-refractivity contribution < 1.29 is 5.11 Å². The first kappa shape index (κ1) is 14.9. The summed E-state index contributed by atoms with van der Waals surface area (Å²) >= 11 is 12.1. The number of terminal acetylenes is 1. The van der Waals surface area contributed by atoms with Gasteiger partial charge in [0, 0.05) is 15.6 Å². The molecule has 0 fully saturated rings. The van der Waals surface area contributed by atoms with Gasteiger partial charge in [0.25, 0.3) is 0 Å². The zero-order chi connectivity index (χ0) is 14.8. The van der Waals surface area contributed by atoms with Crippen LogP contribution in [-0.4, -0.2) is 19.9 Å². The van der Waals surface area contributed by atoms with Gasteiger partial charge >= 0.3 is 0 Å². The zero-order valence-corrected chi connectivity index (χ0v) is 12.3. The van der Waals surface area contributed by atoms with Crippen molar-refractivity contribution in [2.75, 3.05) is 0 Å². The normalized spacial score (nSPS) is 15.3. The molecule has 2 aromatic rings. The molecule has 0 bridgehead atoms. The van der Waals surface area contributed by atoms with E-state index in [0.29, 0.717) is 15.6 Å². The van der Waals surface area contributed by atoms with Crippen LogP contribution in [0.4, 0.5) is 0 Å². The van der Waals surface area contributed by atoms with Gasteiger partial charge in [-0.3, -0.25) is 0 Å². The van der Waals surface area contributed by atoms with Gasteiger partial charge in [-0.15, -0.1) is 12.3 Å². The predicted octanol–water partition coefficient (Wildman–Crippen LogP) is 2.74. The fraction of sp³-hybridized carbons (Fsp3) is 0.286. The molecule has 2 atom stereocenters. The van der Waals surface area contributed by atoms with Gasteiger partial charge in [-0.05, 0) is 19.1 Å². The lowest BCUT2D eigenvalue weighted by molar-refractivity contribution is -0.0158. The number of aliphatic hydroxyl groups is 1. The van der Waals surface area contributed by atoms with Gasteiger partial charge in [0.2, 0.25) is 0 Å². The molecule has 0 radical (unpaired) electrons. The first-order valence-corrected chi connectivity index (χ1v) is 6.69. The van der Waals surface area contributed by atoms with Crippen molar-refractivity contribution in [1.82, 2.24) is 14.8 Å². The second-order valence-corrected chi connectivity index (χ2v) is 5.37. The first-order chi connectivity index (χ1) is 9.47. The van der Waals surface area contributed by atoms with Crippen LogP contribution < -0.4 is 0 Å². The Labute approximate surface area is 127 Å². The monoisotopic (exact) mass is 309 g/mol. The molecule has 6 heteroatoms. The maximum absolute atomic E-state index is 11.0. The summed E-state index contributed by atoms with van der Waals surface area (Å²) < 4.78 is 1.51. The van der Waals surface area contributed by atoms with Crippen LogP contribution >= 0.6 is 23.2 Å². The van der Waals surface area contributed by atoms with Crippen LogP contribution in [0.2, 0.25) is 10.0 Å². The number of hydrogen-bond donors (Lipinski definition) is 1. The molecule has 0 aliphatic heterocycles. The first-order valence-electron chi connectivity index (χ1n) is 5.94. The molecular formula is C14H13Cl2N3O. The fourth-order valence-electron chi connectivity index (χ4n) is 2.00. The van der Waals surface area contributed by atoms with E-state index in [4.69, 9.17) is 29.6 Å². The van der Waals surface area contributed by atoms with Crippen molar-refractivity contribution in [3.05, 3.63) is 46.5 Å². The van der Waals surface area contributed by atoms with E-state index in [1.807, 2.05) is 0 Å². The van der Waals surface area contributed by atoms with Gasteiger partial charge < -0.3 is 5.11 Å². The van der Waals surface area contributed by atoms with Crippen molar-refractivity contribution in [2.45, 2.75) is 19.1 Å². The second-order valence-electron chi connectivity index (χ2n) is 4.53. The topological polar surface area (TPSA) is 50.9 Å². The summed E-state index contributed by atoms with van der Waals surface area (Å²) in [7, 11) is 0. The third kappa shape index (κ3) is 2.80. The molecule has 0 unspecified atom stereocenters. The summed E-state index contributed by atoms with van der Waals surface area (Å²) in [5.74, 6) is 2.09. The Hall–Kier alpha value is -1.54. The predicted molar refractivity (Wildman–Crippen MR) is 78.4 cm³/mol. The van der Waals surface area contributed by atoms with Crippen LogP contribution in [0.15, 0.2) is 30.9 Å². The molecule has 0 amide bonds. The lowest BCUT2D eigenvalue weighted by Crippen LogP contribution is -2.38. The summed E-state index contributed by atoms with van der Waals surface area (Å²) in [6.07, 6.45) is 8.39. The highest BCUT2D eigenvalue weighted by atomic mass is 35.5. The molecule has 1 N–H and O–H groups in total. The Morgan fingerprint density at radius 3 is 2.80 bits per heavy atom. The van der Waals surface area contributed by atoms with E-state index in [1.54, 1.807) is 25.1 Å². The van der Waals surface area contributed by atoms with Crippen LogP contribution in [0.1, 0.15) is 12.5 Å². The Bertz CT molecular complexity index is 636. The van der Waals surface area contributed by atoms with E-state index in [1.165, 1.54) is 17.3 Å². The third-order valence-electron chi connectivity index (χ3n) is 3.23. The average Bonchev–Trinajstić information content (AvgIpc) is 2.90. The molecule has 0 aliphatic rings. The smallest absolute Gasteiger partial charge is 0.137 e. The quantitative estimate of drug-likeness (QED) is 0.884. The minimum Gasteiger partial charge on any atom is -0.382 e. The third-order valence-corrected chi connectivity index (χ3v) is 3.78. The summed E-state index contributed by atoms with van der Waals surface area (Å²) in [6, 6.07) is 4.92. The molecular weight excluding hydrogens is 297 g/mol. The molecule has 0 saturated heterocycles. The fourth-order valence-corrected chi connectivity index (χ4v) is 2.57. The van der Waals surface area contributed by atoms with Crippen molar-refractivity contribution >= 4 is 23.2 Å². The SMILES string of the molecule is C#C[C@H](C)[C@](O)(Cn1cncn1)c1ccc(Cl)cc1Cl. The molecule has 1 aromatic carbocycles. The largest absolute Gasteiger partial charge is 0.382 e. The highest BCUT2D eigenvalue weighted by molar-refractivity contribution is 6.35. The minimum absolute atomic E-state index is 0.152. The molecule has 1 heterocycles. The van der Waals surface area contributed by atoms with Crippen LogP contribution in [0.25, 0.3) is 0 Å². The molecule has 104 valence electrons. The zero-order valence-electron chi connectivity index (χ0n) is 10.8. The summed E-state index contributed by atoms with van der Waals surface area (Å²) in [6.45, 7) is 1.90. The minimum atomic E-state index is -1.36. The number of halogens is 2. The van der Waals surface area contributed by atoms with E-state index < -0.39 is 11.5 Å². The van der Waals surface area contributed by atoms with Gasteiger partial charge in [0.15, 0.2) is 0 Å². The maximum Gasteiger partial charge on any atom is 0.137 e. The van der Waals surface area contributed by atoms with E-state index >= 15 is 0 Å². The van der Waals surface area contributed by atoms with Crippen molar-refractivity contribution in [1.29, 1.82) is 0 Å². The summed E-state index contributed by atoms with van der Waals surface area (Å²) in [5, 5.41) is 15.9. The van der Waals surface area contributed by atoms with Crippen molar-refractivity contribution in [3.8, 4) is 12.3 Å². The number of rotatable bonds is 4. The number of nitrogens with zero attached hydrogens (tertiary/aromatic N) is 3. The van der Waals surface area contributed by atoms with Gasteiger partial charge in [0.1, 0.15) is 18.3 Å². The number of benzene rings is 1. The van der Waals surface area contributed by atoms with Crippen molar-refractivity contribution in [3.63, 3.8) is 0 Å². The maximum atomic E-state index is 11.0.